The molecule has 0 bridgehead atoms. The maximum absolute atomic E-state index is 11.9. The van der Waals surface area contributed by atoms with E-state index in [1.807, 2.05) is 48.5 Å². The molecule has 19 heavy (non-hydrogen) atoms. The van der Waals surface area contributed by atoms with E-state index in [-0.39, 0.29) is 11.8 Å². The van der Waals surface area contributed by atoms with E-state index in [2.05, 4.69) is 24.4 Å². The molecule has 0 aliphatic carbocycles. The van der Waals surface area contributed by atoms with Gasteiger partial charge in [0, 0.05) is 24.6 Å². The molecule has 1 N–H and O–H groups in total. The molecule has 0 radical (unpaired) electrons. The van der Waals surface area contributed by atoms with Crippen LogP contribution in [-0.2, 0) is 0 Å². The zero-order valence-corrected chi connectivity index (χ0v) is 11.2. The van der Waals surface area contributed by atoms with Crippen LogP contribution in [0.3, 0.4) is 0 Å². The van der Waals surface area contributed by atoms with Crippen LogP contribution in [0, 0.1) is 0 Å². The molecule has 2 aromatic rings. The zero-order chi connectivity index (χ0) is 13.5. The second-order valence-electron chi connectivity index (χ2n) is 4.63. The van der Waals surface area contributed by atoms with Gasteiger partial charge in [0.15, 0.2) is 5.78 Å². The van der Waals surface area contributed by atoms with Crippen molar-refractivity contribution in [1.29, 1.82) is 0 Å². The second kappa shape index (κ2) is 6.86. The molecule has 2 heteroatoms. The molecule has 2 nitrogen and oxygen atoms in total. The number of rotatable bonds is 6. The average Bonchev–Trinajstić information content (AvgIpc) is 2.49. The number of hydrogen-bond acceptors (Lipinski definition) is 2. The van der Waals surface area contributed by atoms with Crippen LogP contribution >= 0.6 is 0 Å². The summed E-state index contributed by atoms with van der Waals surface area (Å²) in [6, 6.07) is 20.0. The van der Waals surface area contributed by atoms with E-state index >= 15 is 0 Å². The summed E-state index contributed by atoms with van der Waals surface area (Å²) in [6.07, 6.45) is 0.529. The molecule has 1 atom stereocenters. The van der Waals surface area contributed by atoms with Crippen LogP contribution in [0.25, 0.3) is 0 Å². The lowest BCUT2D eigenvalue weighted by atomic mass is 10.1. The Morgan fingerprint density at radius 1 is 1.00 bits per heavy atom. The monoisotopic (exact) mass is 253 g/mol. The highest BCUT2D eigenvalue weighted by molar-refractivity contribution is 5.96. The van der Waals surface area contributed by atoms with Gasteiger partial charge in [0.1, 0.15) is 0 Å². The normalized spacial score (nSPS) is 12.1. The Balaban J connectivity index is 1.79. The van der Waals surface area contributed by atoms with Gasteiger partial charge in [-0.1, -0.05) is 60.7 Å². The van der Waals surface area contributed by atoms with Crippen molar-refractivity contribution in [3.05, 3.63) is 71.8 Å². The maximum atomic E-state index is 11.9. The van der Waals surface area contributed by atoms with Crippen molar-refractivity contribution in [2.45, 2.75) is 19.4 Å². The Morgan fingerprint density at radius 2 is 1.58 bits per heavy atom. The van der Waals surface area contributed by atoms with E-state index in [9.17, 15) is 4.79 Å². The quantitative estimate of drug-likeness (QED) is 0.797. The van der Waals surface area contributed by atoms with E-state index < -0.39 is 0 Å². The Morgan fingerprint density at radius 3 is 2.21 bits per heavy atom. The van der Waals surface area contributed by atoms with Crippen LogP contribution in [0.15, 0.2) is 60.7 Å². The fraction of sp³-hybridized carbons (Fsp3) is 0.235. The number of carbonyl (C=O) groups excluding carboxylic acids is 1. The third kappa shape index (κ3) is 4.04. The fourth-order valence-electron chi connectivity index (χ4n) is 2.03. The number of carbonyl (C=O) groups is 1. The molecular formula is C17H19NO. The predicted octanol–water partition coefficient (Wildman–Crippen LogP) is 3.61. The summed E-state index contributed by atoms with van der Waals surface area (Å²) in [5.41, 5.74) is 2.03. The first kappa shape index (κ1) is 13.5. The van der Waals surface area contributed by atoms with Crippen molar-refractivity contribution in [1.82, 2.24) is 5.32 Å². The standard InChI is InChI=1S/C17H19NO/c1-14(15-8-4-2-5-9-15)18-13-12-17(19)16-10-6-3-7-11-16/h2-11,14,18H,12-13H2,1H3. The summed E-state index contributed by atoms with van der Waals surface area (Å²) < 4.78 is 0. The van der Waals surface area contributed by atoms with Gasteiger partial charge < -0.3 is 5.32 Å². The Bertz CT molecular complexity index is 507. The molecule has 0 saturated heterocycles. The summed E-state index contributed by atoms with van der Waals surface area (Å²) in [5, 5.41) is 3.38. The molecule has 2 rings (SSSR count). The summed E-state index contributed by atoms with van der Waals surface area (Å²) >= 11 is 0. The minimum Gasteiger partial charge on any atom is -0.310 e. The van der Waals surface area contributed by atoms with E-state index in [4.69, 9.17) is 0 Å². The van der Waals surface area contributed by atoms with Crippen molar-refractivity contribution in [2.75, 3.05) is 6.54 Å². The highest BCUT2D eigenvalue weighted by Gasteiger charge is 2.07. The molecule has 0 amide bonds. The summed E-state index contributed by atoms with van der Waals surface area (Å²) in [6.45, 7) is 2.81. The lowest BCUT2D eigenvalue weighted by Crippen LogP contribution is -2.22. The molecule has 0 heterocycles. The highest BCUT2D eigenvalue weighted by atomic mass is 16.1. The Hall–Kier alpha value is -1.93. The van der Waals surface area contributed by atoms with Crippen LogP contribution in [0.1, 0.15) is 35.3 Å². The molecule has 98 valence electrons. The minimum absolute atomic E-state index is 0.188. The van der Waals surface area contributed by atoms with Gasteiger partial charge in [-0.15, -0.1) is 0 Å². The summed E-state index contributed by atoms with van der Waals surface area (Å²) in [7, 11) is 0. The topological polar surface area (TPSA) is 29.1 Å². The first-order chi connectivity index (χ1) is 9.27. The summed E-state index contributed by atoms with van der Waals surface area (Å²) in [5.74, 6) is 0.188. The average molecular weight is 253 g/mol. The fourth-order valence-corrected chi connectivity index (χ4v) is 2.03. The van der Waals surface area contributed by atoms with Crippen LogP contribution < -0.4 is 5.32 Å². The van der Waals surface area contributed by atoms with Crippen molar-refractivity contribution in [2.24, 2.45) is 0 Å². The third-order valence-corrected chi connectivity index (χ3v) is 3.20. The molecule has 1 unspecified atom stereocenters. The van der Waals surface area contributed by atoms with Gasteiger partial charge in [-0.2, -0.15) is 0 Å². The van der Waals surface area contributed by atoms with Crippen LogP contribution in [-0.4, -0.2) is 12.3 Å². The maximum Gasteiger partial charge on any atom is 0.164 e. The Kier molecular flexibility index (Phi) is 4.87. The SMILES string of the molecule is CC(NCCC(=O)c1ccccc1)c1ccccc1. The molecular weight excluding hydrogens is 234 g/mol. The van der Waals surface area contributed by atoms with Crippen molar-refractivity contribution >= 4 is 5.78 Å². The van der Waals surface area contributed by atoms with Crippen molar-refractivity contribution < 1.29 is 4.79 Å². The van der Waals surface area contributed by atoms with Gasteiger partial charge in [-0.05, 0) is 12.5 Å². The zero-order valence-electron chi connectivity index (χ0n) is 11.2. The van der Waals surface area contributed by atoms with Gasteiger partial charge in [-0.3, -0.25) is 4.79 Å². The highest BCUT2D eigenvalue weighted by Crippen LogP contribution is 2.11. The van der Waals surface area contributed by atoms with Gasteiger partial charge in [0.05, 0.1) is 0 Å². The number of hydrogen-bond donors (Lipinski definition) is 1. The largest absolute Gasteiger partial charge is 0.310 e. The molecule has 0 saturated carbocycles. The van der Waals surface area contributed by atoms with Crippen LogP contribution in [0.2, 0.25) is 0 Å². The molecule has 0 spiro atoms. The van der Waals surface area contributed by atoms with E-state index in [1.54, 1.807) is 0 Å². The third-order valence-electron chi connectivity index (χ3n) is 3.20. The van der Waals surface area contributed by atoms with Crippen LogP contribution in [0.5, 0.6) is 0 Å². The number of ketones is 1. The van der Waals surface area contributed by atoms with Gasteiger partial charge in [0.2, 0.25) is 0 Å². The van der Waals surface area contributed by atoms with Gasteiger partial charge in [0.25, 0.3) is 0 Å². The van der Waals surface area contributed by atoms with E-state index in [0.29, 0.717) is 13.0 Å². The van der Waals surface area contributed by atoms with Gasteiger partial charge in [-0.25, -0.2) is 0 Å². The number of benzene rings is 2. The molecule has 0 aromatic heterocycles. The smallest absolute Gasteiger partial charge is 0.164 e. The molecule has 0 fully saturated rings. The molecule has 2 aromatic carbocycles. The number of Topliss-reactive ketones (excluding diaryl/α,β-unsaturated/α-hetero) is 1. The molecule has 0 aliphatic rings. The van der Waals surface area contributed by atoms with E-state index in [0.717, 1.165) is 5.56 Å². The lowest BCUT2D eigenvalue weighted by molar-refractivity contribution is 0.0982. The first-order valence-corrected chi connectivity index (χ1v) is 6.64. The predicted molar refractivity (Wildman–Crippen MR) is 78.2 cm³/mol. The molecule has 0 aliphatic heterocycles. The Labute approximate surface area is 114 Å². The minimum atomic E-state index is 0.188. The van der Waals surface area contributed by atoms with Gasteiger partial charge >= 0.3 is 0 Å². The van der Waals surface area contributed by atoms with Crippen LogP contribution in [0.4, 0.5) is 0 Å². The van der Waals surface area contributed by atoms with E-state index in [1.165, 1.54) is 5.56 Å². The first-order valence-electron chi connectivity index (χ1n) is 6.64. The van der Waals surface area contributed by atoms with Crippen molar-refractivity contribution in [3.63, 3.8) is 0 Å². The van der Waals surface area contributed by atoms with Crippen molar-refractivity contribution in [3.8, 4) is 0 Å². The number of nitrogens with one attached hydrogen (secondary N) is 1. The lowest BCUT2D eigenvalue weighted by Gasteiger charge is -2.13. The second-order valence-corrected chi connectivity index (χ2v) is 4.63. The summed E-state index contributed by atoms with van der Waals surface area (Å²) in [4.78, 5) is 11.9.